The van der Waals surface area contributed by atoms with Gasteiger partial charge >= 0.3 is 0 Å². The first-order valence-electron chi connectivity index (χ1n) is 8.96. The highest BCUT2D eigenvalue weighted by molar-refractivity contribution is 6.07. The van der Waals surface area contributed by atoms with E-state index < -0.39 is 0 Å². The van der Waals surface area contributed by atoms with Crippen molar-refractivity contribution in [1.82, 2.24) is 4.90 Å². The Hall–Kier alpha value is -3.01. The molecular weight excluding hydrogens is 326 g/mol. The number of likely N-dealkylation sites (tertiary alicyclic amines) is 1. The van der Waals surface area contributed by atoms with Gasteiger partial charge in [0, 0.05) is 24.6 Å². The fraction of sp³-hybridized carbons (Fsp3) is 0.227. The summed E-state index contributed by atoms with van der Waals surface area (Å²) in [4.78, 5) is 15.1. The highest BCUT2D eigenvalue weighted by Crippen LogP contribution is 2.37. The number of nitrogens with zero attached hydrogens (tertiary/aromatic N) is 1. The summed E-state index contributed by atoms with van der Waals surface area (Å²) in [5.41, 5.74) is 2.00. The zero-order valence-electron chi connectivity index (χ0n) is 14.4. The molecule has 1 saturated heterocycles. The molecule has 130 valence electrons. The molecule has 3 aromatic rings. The van der Waals surface area contributed by atoms with E-state index in [2.05, 4.69) is 12.1 Å². The van der Waals surface area contributed by atoms with Gasteiger partial charge in [0.25, 0.3) is 5.91 Å². The van der Waals surface area contributed by atoms with Crippen molar-refractivity contribution in [3.05, 3.63) is 71.8 Å². The number of hydrogen-bond acceptors (Lipinski definition) is 3. The zero-order valence-corrected chi connectivity index (χ0v) is 14.4. The molecule has 2 heterocycles. The van der Waals surface area contributed by atoms with Gasteiger partial charge in [-0.2, -0.15) is 0 Å². The van der Waals surface area contributed by atoms with Crippen molar-refractivity contribution in [2.24, 2.45) is 0 Å². The molecule has 3 aromatic carbocycles. The van der Waals surface area contributed by atoms with Gasteiger partial charge in [0.05, 0.1) is 0 Å². The third-order valence-corrected chi connectivity index (χ3v) is 5.36. The largest absolute Gasteiger partial charge is 0.454 e. The maximum atomic E-state index is 13.1. The molecule has 0 N–H and O–H groups in total. The third-order valence-electron chi connectivity index (χ3n) is 5.36. The first-order valence-corrected chi connectivity index (χ1v) is 8.96. The quantitative estimate of drug-likeness (QED) is 0.699. The summed E-state index contributed by atoms with van der Waals surface area (Å²) in [5.74, 6) is 2.06. The van der Waals surface area contributed by atoms with E-state index in [1.165, 1.54) is 5.56 Å². The van der Waals surface area contributed by atoms with Crippen LogP contribution in [0.3, 0.4) is 0 Å². The summed E-state index contributed by atoms with van der Waals surface area (Å²) in [6, 6.07) is 20.1. The fourth-order valence-electron chi connectivity index (χ4n) is 3.97. The minimum Gasteiger partial charge on any atom is -0.454 e. The molecule has 2 aliphatic heterocycles. The highest BCUT2D eigenvalue weighted by Gasteiger charge is 2.29. The van der Waals surface area contributed by atoms with Crippen molar-refractivity contribution in [2.75, 3.05) is 19.9 Å². The molecule has 0 spiro atoms. The van der Waals surface area contributed by atoms with Crippen LogP contribution in [0.15, 0.2) is 60.7 Å². The van der Waals surface area contributed by atoms with Crippen LogP contribution >= 0.6 is 0 Å². The molecule has 0 saturated carbocycles. The normalized spacial score (nSPS) is 18.5. The SMILES string of the molecule is O=C(c1cccc2ccccc12)N1CCC(c2ccc3c(c2)OCO3)C1. The lowest BCUT2D eigenvalue weighted by molar-refractivity contribution is 0.0792. The van der Waals surface area contributed by atoms with Gasteiger partial charge in [-0.15, -0.1) is 0 Å². The summed E-state index contributed by atoms with van der Waals surface area (Å²) >= 11 is 0. The van der Waals surface area contributed by atoms with Gasteiger partial charge in [-0.1, -0.05) is 42.5 Å². The second-order valence-electron chi connectivity index (χ2n) is 6.88. The van der Waals surface area contributed by atoms with Crippen LogP contribution in [-0.2, 0) is 0 Å². The predicted octanol–water partition coefficient (Wildman–Crippen LogP) is 4.20. The van der Waals surface area contributed by atoms with E-state index in [1.54, 1.807) is 0 Å². The van der Waals surface area contributed by atoms with E-state index in [1.807, 2.05) is 53.4 Å². The molecule has 0 radical (unpaired) electrons. The maximum absolute atomic E-state index is 13.1. The first kappa shape index (κ1) is 15.3. The topological polar surface area (TPSA) is 38.8 Å². The van der Waals surface area contributed by atoms with Crippen LogP contribution in [0.5, 0.6) is 11.5 Å². The lowest BCUT2D eigenvalue weighted by atomic mass is 9.98. The molecule has 2 aliphatic rings. The highest BCUT2D eigenvalue weighted by atomic mass is 16.7. The van der Waals surface area contributed by atoms with Crippen molar-refractivity contribution in [1.29, 1.82) is 0 Å². The summed E-state index contributed by atoms with van der Waals surface area (Å²) < 4.78 is 10.9. The second-order valence-corrected chi connectivity index (χ2v) is 6.88. The Kier molecular flexibility index (Phi) is 3.56. The van der Waals surface area contributed by atoms with Gasteiger partial charge in [0.15, 0.2) is 11.5 Å². The average Bonchev–Trinajstić information content (AvgIpc) is 3.35. The lowest BCUT2D eigenvalue weighted by Crippen LogP contribution is -2.28. The standard InChI is InChI=1S/C22H19NO3/c24-22(19-7-3-5-15-4-1-2-6-18(15)19)23-11-10-17(13-23)16-8-9-20-21(12-16)26-14-25-20/h1-9,12,17H,10-11,13-14H2. The molecule has 4 heteroatoms. The van der Waals surface area contributed by atoms with E-state index in [9.17, 15) is 4.79 Å². The second kappa shape index (κ2) is 6.06. The molecule has 26 heavy (non-hydrogen) atoms. The van der Waals surface area contributed by atoms with Crippen LogP contribution in [0.2, 0.25) is 0 Å². The number of ether oxygens (including phenoxy) is 2. The van der Waals surface area contributed by atoms with Crippen LogP contribution in [0, 0.1) is 0 Å². The van der Waals surface area contributed by atoms with Crippen molar-refractivity contribution < 1.29 is 14.3 Å². The number of fused-ring (bicyclic) bond motifs is 2. The van der Waals surface area contributed by atoms with Gasteiger partial charge in [-0.05, 0) is 41.0 Å². The Morgan fingerprint density at radius 3 is 2.77 bits per heavy atom. The molecule has 1 unspecified atom stereocenters. The van der Waals surface area contributed by atoms with Crippen LogP contribution in [0.25, 0.3) is 10.8 Å². The summed E-state index contributed by atoms with van der Waals surface area (Å²) in [7, 11) is 0. The minimum absolute atomic E-state index is 0.116. The smallest absolute Gasteiger partial charge is 0.254 e. The lowest BCUT2D eigenvalue weighted by Gasteiger charge is -2.18. The van der Waals surface area contributed by atoms with Crippen molar-refractivity contribution in [2.45, 2.75) is 12.3 Å². The summed E-state index contributed by atoms with van der Waals surface area (Å²) in [6.07, 6.45) is 0.968. The average molecular weight is 345 g/mol. The van der Waals surface area contributed by atoms with Gasteiger partial charge in [-0.25, -0.2) is 0 Å². The fourth-order valence-corrected chi connectivity index (χ4v) is 3.97. The number of amides is 1. The van der Waals surface area contributed by atoms with Crippen molar-refractivity contribution in [3.8, 4) is 11.5 Å². The molecule has 1 atom stereocenters. The van der Waals surface area contributed by atoms with E-state index in [0.29, 0.717) is 5.92 Å². The maximum Gasteiger partial charge on any atom is 0.254 e. The van der Waals surface area contributed by atoms with Crippen molar-refractivity contribution >= 4 is 16.7 Å². The molecule has 5 rings (SSSR count). The molecule has 4 nitrogen and oxygen atoms in total. The molecule has 1 amide bonds. The molecular formula is C22H19NO3. The van der Waals surface area contributed by atoms with E-state index in [0.717, 1.165) is 47.3 Å². The predicted molar refractivity (Wildman–Crippen MR) is 99.8 cm³/mol. The first-order chi connectivity index (χ1) is 12.8. The Bertz CT molecular complexity index is 992. The number of hydrogen-bond donors (Lipinski definition) is 0. The number of rotatable bonds is 2. The number of benzene rings is 3. The number of carbonyl (C=O) groups is 1. The Labute approximate surface area is 151 Å². The van der Waals surface area contributed by atoms with Gasteiger partial charge in [0.2, 0.25) is 6.79 Å². The van der Waals surface area contributed by atoms with Crippen LogP contribution in [0.1, 0.15) is 28.3 Å². The van der Waals surface area contributed by atoms with Gasteiger partial charge in [-0.3, -0.25) is 4.79 Å². The van der Waals surface area contributed by atoms with Crippen LogP contribution < -0.4 is 9.47 Å². The van der Waals surface area contributed by atoms with Crippen LogP contribution in [0.4, 0.5) is 0 Å². The minimum atomic E-state index is 0.116. The molecule has 1 fully saturated rings. The zero-order chi connectivity index (χ0) is 17.5. The number of carbonyl (C=O) groups excluding carboxylic acids is 1. The Morgan fingerprint density at radius 1 is 0.962 bits per heavy atom. The monoisotopic (exact) mass is 345 g/mol. The summed E-state index contributed by atoms with van der Waals surface area (Å²) in [6.45, 7) is 1.80. The van der Waals surface area contributed by atoms with Gasteiger partial charge in [0.1, 0.15) is 0 Å². The van der Waals surface area contributed by atoms with Gasteiger partial charge < -0.3 is 14.4 Å². The van der Waals surface area contributed by atoms with Crippen molar-refractivity contribution in [3.63, 3.8) is 0 Å². The Balaban J connectivity index is 1.39. The van der Waals surface area contributed by atoms with E-state index >= 15 is 0 Å². The summed E-state index contributed by atoms with van der Waals surface area (Å²) in [5, 5.41) is 2.12. The molecule has 0 aliphatic carbocycles. The van der Waals surface area contributed by atoms with E-state index in [4.69, 9.17) is 9.47 Å². The third kappa shape index (κ3) is 2.49. The Morgan fingerprint density at radius 2 is 1.81 bits per heavy atom. The van der Waals surface area contributed by atoms with Crippen LogP contribution in [-0.4, -0.2) is 30.7 Å². The van der Waals surface area contributed by atoms with E-state index in [-0.39, 0.29) is 12.7 Å². The molecule has 0 aromatic heterocycles. The molecule has 0 bridgehead atoms.